The Morgan fingerprint density at radius 3 is 2.25 bits per heavy atom. The molecule has 0 aromatic heterocycles. The van der Waals surface area contributed by atoms with E-state index in [4.69, 9.17) is 4.74 Å². The summed E-state index contributed by atoms with van der Waals surface area (Å²) in [7, 11) is 0. The lowest BCUT2D eigenvalue weighted by Gasteiger charge is -2.06. The summed E-state index contributed by atoms with van der Waals surface area (Å²) in [6, 6.07) is 13.1. The SMILES string of the molecule is Fc1cc(F)cc(COc2cc[c]cc2)c1. The van der Waals surface area contributed by atoms with Crippen molar-refractivity contribution in [3.63, 3.8) is 0 Å². The molecule has 0 bridgehead atoms. The third kappa shape index (κ3) is 2.79. The molecular weight excluding hydrogens is 210 g/mol. The van der Waals surface area contributed by atoms with Gasteiger partial charge in [-0.15, -0.1) is 0 Å². The maximum atomic E-state index is 12.9. The highest BCUT2D eigenvalue weighted by Crippen LogP contribution is 2.13. The topological polar surface area (TPSA) is 9.23 Å². The summed E-state index contributed by atoms with van der Waals surface area (Å²) in [4.78, 5) is 0. The zero-order chi connectivity index (χ0) is 11.4. The molecule has 2 aromatic rings. The van der Waals surface area contributed by atoms with Gasteiger partial charge in [0.1, 0.15) is 24.0 Å². The van der Waals surface area contributed by atoms with Crippen molar-refractivity contribution in [2.75, 3.05) is 0 Å². The standard InChI is InChI=1S/C13H9F2O/c14-11-6-10(7-12(15)8-11)9-16-13-4-2-1-3-5-13/h2-8H,9H2. The van der Waals surface area contributed by atoms with Gasteiger partial charge in [0.2, 0.25) is 0 Å². The fourth-order valence-electron chi connectivity index (χ4n) is 1.33. The van der Waals surface area contributed by atoms with Crippen LogP contribution in [0, 0.1) is 17.7 Å². The normalized spacial score (nSPS) is 10.1. The number of hydrogen-bond donors (Lipinski definition) is 0. The Bertz CT molecular complexity index is 448. The molecule has 16 heavy (non-hydrogen) atoms. The molecule has 0 fully saturated rings. The van der Waals surface area contributed by atoms with Crippen molar-refractivity contribution >= 4 is 0 Å². The van der Waals surface area contributed by atoms with E-state index in [0.29, 0.717) is 11.3 Å². The van der Waals surface area contributed by atoms with Crippen LogP contribution in [0.15, 0.2) is 42.5 Å². The van der Waals surface area contributed by atoms with E-state index in [1.165, 1.54) is 12.1 Å². The quantitative estimate of drug-likeness (QED) is 0.769. The first-order chi connectivity index (χ1) is 7.74. The van der Waals surface area contributed by atoms with Gasteiger partial charge in [-0.2, -0.15) is 0 Å². The first kappa shape index (κ1) is 10.6. The minimum Gasteiger partial charge on any atom is -0.489 e. The molecule has 0 spiro atoms. The molecule has 0 unspecified atom stereocenters. The monoisotopic (exact) mass is 219 g/mol. The van der Waals surface area contributed by atoms with Crippen LogP contribution in [-0.4, -0.2) is 0 Å². The van der Waals surface area contributed by atoms with Gasteiger partial charge in [0, 0.05) is 6.07 Å². The van der Waals surface area contributed by atoms with Crippen molar-refractivity contribution in [2.24, 2.45) is 0 Å². The van der Waals surface area contributed by atoms with Gasteiger partial charge < -0.3 is 4.74 Å². The summed E-state index contributed by atoms with van der Waals surface area (Å²) in [6.45, 7) is 0.138. The van der Waals surface area contributed by atoms with Crippen LogP contribution in [-0.2, 0) is 6.61 Å². The molecule has 0 saturated carbocycles. The van der Waals surface area contributed by atoms with Crippen molar-refractivity contribution in [2.45, 2.75) is 6.61 Å². The summed E-state index contributed by atoms with van der Waals surface area (Å²) in [6.07, 6.45) is 0. The summed E-state index contributed by atoms with van der Waals surface area (Å²) < 4.78 is 31.1. The number of halogens is 2. The maximum Gasteiger partial charge on any atom is 0.126 e. The van der Waals surface area contributed by atoms with E-state index in [9.17, 15) is 8.78 Å². The molecule has 0 aliphatic carbocycles. The second-order valence-electron chi connectivity index (χ2n) is 3.30. The van der Waals surface area contributed by atoms with Gasteiger partial charge >= 0.3 is 0 Å². The van der Waals surface area contributed by atoms with E-state index in [1.54, 1.807) is 24.3 Å². The molecule has 0 aliphatic rings. The molecule has 1 nitrogen and oxygen atoms in total. The summed E-state index contributed by atoms with van der Waals surface area (Å²) in [5, 5.41) is 0. The Morgan fingerprint density at radius 1 is 1.00 bits per heavy atom. The number of ether oxygens (including phenoxy) is 1. The predicted octanol–water partition coefficient (Wildman–Crippen LogP) is 3.34. The lowest BCUT2D eigenvalue weighted by molar-refractivity contribution is 0.305. The fourth-order valence-corrected chi connectivity index (χ4v) is 1.33. The Morgan fingerprint density at radius 2 is 1.62 bits per heavy atom. The molecular formula is C13H9F2O. The zero-order valence-corrected chi connectivity index (χ0v) is 8.41. The van der Waals surface area contributed by atoms with Crippen molar-refractivity contribution in [1.82, 2.24) is 0 Å². The highest BCUT2D eigenvalue weighted by molar-refractivity contribution is 5.22. The smallest absolute Gasteiger partial charge is 0.126 e. The van der Waals surface area contributed by atoms with Gasteiger partial charge in [0.25, 0.3) is 0 Å². The first-order valence-corrected chi connectivity index (χ1v) is 4.78. The third-order valence-corrected chi connectivity index (χ3v) is 2.02. The van der Waals surface area contributed by atoms with E-state index in [0.717, 1.165) is 6.07 Å². The van der Waals surface area contributed by atoms with Crippen LogP contribution in [0.5, 0.6) is 5.75 Å². The average molecular weight is 219 g/mol. The summed E-state index contributed by atoms with van der Waals surface area (Å²) in [5.74, 6) is -0.552. The molecule has 3 heteroatoms. The van der Waals surface area contributed by atoms with Crippen molar-refractivity contribution in [3.8, 4) is 5.75 Å². The fraction of sp³-hybridized carbons (Fsp3) is 0.0769. The second kappa shape index (κ2) is 4.75. The van der Waals surface area contributed by atoms with E-state index in [1.807, 2.05) is 0 Å². The maximum absolute atomic E-state index is 12.9. The summed E-state index contributed by atoms with van der Waals surface area (Å²) >= 11 is 0. The second-order valence-corrected chi connectivity index (χ2v) is 3.30. The van der Waals surface area contributed by atoms with Crippen molar-refractivity contribution in [1.29, 1.82) is 0 Å². The molecule has 1 radical (unpaired) electrons. The third-order valence-electron chi connectivity index (χ3n) is 2.02. The molecule has 0 N–H and O–H groups in total. The van der Waals surface area contributed by atoms with Crippen LogP contribution >= 0.6 is 0 Å². The van der Waals surface area contributed by atoms with Crippen LogP contribution in [0.3, 0.4) is 0 Å². The summed E-state index contributed by atoms with van der Waals surface area (Å²) in [5.41, 5.74) is 0.463. The molecule has 2 aromatic carbocycles. The van der Waals surface area contributed by atoms with Crippen LogP contribution in [0.4, 0.5) is 8.78 Å². The first-order valence-electron chi connectivity index (χ1n) is 4.78. The van der Waals surface area contributed by atoms with Gasteiger partial charge in [0.05, 0.1) is 0 Å². The van der Waals surface area contributed by atoms with E-state index >= 15 is 0 Å². The van der Waals surface area contributed by atoms with Gasteiger partial charge in [-0.1, -0.05) is 12.1 Å². The number of rotatable bonds is 3. The lowest BCUT2D eigenvalue weighted by atomic mass is 10.2. The van der Waals surface area contributed by atoms with Crippen molar-refractivity contribution < 1.29 is 13.5 Å². The highest BCUT2D eigenvalue weighted by atomic mass is 19.1. The zero-order valence-electron chi connectivity index (χ0n) is 8.41. The van der Waals surface area contributed by atoms with Crippen LogP contribution in [0.2, 0.25) is 0 Å². The van der Waals surface area contributed by atoms with E-state index < -0.39 is 11.6 Å². The van der Waals surface area contributed by atoms with Crippen molar-refractivity contribution in [3.05, 3.63) is 65.7 Å². The molecule has 0 atom stereocenters. The van der Waals surface area contributed by atoms with Crippen LogP contribution < -0.4 is 4.74 Å². The lowest BCUT2D eigenvalue weighted by Crippen LogP contribution is -1.96. The Hall–Kier alpha value is -1.90. The minimum absolute atomic E-state index is 0.138. The molecule has 0 amide bonds. The Labute approximate surface area is 92.3 Å². The van der Waals surface area contributed by atoms with Crippen LogP contribution in [0.25, 0.3) is 0 Å². The molecule has 0 heterocycles. The van der Waals surface area contributed by atoms with E-state index in [2.05, 4.69) is 6.07 Å². The highest BCUT2D eigenvalue weighted by Gasteiger charge is 2.01. The van der Waals surface area contributed by atoms with E-state index in [-0.39, 0.29) is 6.61 Å². The Kier molecular flexibility index (Phi) is 3.15. The predicted molar refractivity (Wildman–Crippen MR) is 56.0 cm³/mol. The number of benzene rings is 2. The van der Waals surface area contributed by atoms with Gasteiger partial charge in [-0.3, -0.25) is 0 Å². The van der Waals surface area contributed by atoms with Gasteiger partial charge in [0.15, 0.2) is 0 Å². The largest absolute Gasteiger partial charge is 0.489 e. The molecule has 2 rings (SSSR count). The van der Waals surface area contributed by atoms with Gasteiger partial charge in [-0.25, -0.2) is 8.78 Å². The Balaban J connectivity index is 2.05. The number of hydrogen-bond acceptors (Lipinski definition) is 1. The molecule has 0 saturated heterocycles. The van der Waals surface area contributed by atoms with Gasteiger partial charge in [-0.05, 0) is 35.9 Å². The van der Waals surface area contributed by atoms with Crippen LogP contribution in [0.1, 0.15) is 5.56 Å². The average Bonchev–Trinajstić information content (AvgIpc) is 2.27. The molecule has 81 valence electrons. The molecule has 0 aliphatic heterocycles. The minimum atomic E-state index is -0.597.